The van der Waals surface area contributed by atoms with Gasteiger partial charge in [-0.1, -0.05) is 66.0 Å². The first-order valence-corrected chi connectivity index (χ1v) is 6.29. The van der Waals surface area contributed by atoms with Gasteiger partial charge in [0.25, 0.3) is 0 Å². The number of halogens is 4. The maximum atomic E-state index is 6.17. The number of alkyl halides is 4. The van der Waals surface area contributed by atoms with Gasteiger partial charge in [0, 0.05) is 6.42 Å². The van der Waals surface area contributed by atoms with Crippen molar-refractivity contribution in [2.24, 2.45) is 0 Å². The van der Waals surface area contributed by atoms with Gasteiger partial charge in [-0.3, -0.25) is 0 Å². The van der Waals surface area contributed by atoms with Crippen LogP contribution in [0.25, 0.3) is 0 Å². The molecular formula is C11H12Cl4. The van der Waals surface area contributed by atoms with Crippen LogP contribution in [0.2, 0.25) is 0 Å². The fraction of sp³-hybridized carbons (Fsp3) is 0.455. The molecule has 0 nitrogen and oxygen atoms in total. The second-order valence-electron chi connectivity index (χ2n) is 3.39. The zero-order chi connectivity index (χ0) is 11.5. The minimum absolute atomic E-state index is 0.260. The van der Waals surface area contributed by atoms with Crippen LogP contribution in [0.15, 0.2) is 24.3 Å². The molecule has 0 radical (unpaired) electrons. The predicted molar refractivity (Wildman–Crippen MR) is 69.3 cm³/mol. The van der Waals surface area contributed by atoms with Crippen molar-refractivity contribution in [3.05, 3.63) is 35.4 Å². The topological polar surface area (TPSA) is 0 Å². The van der Waals surface area contributed by atoms with Crippen molar-refractivity contribution in [2.45, 2.75) is 28.9 Å². The molecule has 1 atom stereocenters. The van der Waals surface area contributed by atoms with E-state index >= 15 is 0 Å². The van der Waals surface area contributed by atoms with Crippen LogP contribution >= 0.6 is 46.4 Å². The minimum atomic E-state index is -1.30. The van der Waals surface area contributed by atoms with Gasteiger partial charge in [-0.15, -0.1) is 11.6 Å². The van der Waals surface area contributed by atoms with E-state index in [4.69, 9.17) is 46.4 Å². The molecule has 84 valence electrons. The lowest BCUT2D eigenvalue weighted by molar-refractivity contribution is 0.819. The molecular weight excluding hydrogens is 274 g/mol. The van der Waals surface area contributed by atoms with E-state index in [0.717, 1.165) is 12.0 Å². The molecule has 1 unspecified atom stereocenters. The third kappa shape index (κ3) is 4.82. The van der Waals surface area contributed by atoms with Gasteiger partial charge in [0.15, 0.2) is 3.79 Å². The first-order chi connectivity index (χ1) is 6.92. The third-order valence-electron chi connectivity index (χ3n) is 2.13. The normalized spacial score (nSPS) is 13.9. The van der Waals surface area contributed by atoms with E-state index < -0.39 is 3.79 Å². The van der Waals surface area contributed by atoms with Crippen LogP contribution in [0.3, 0.4) is 0 Å². The van der Waals surface area contributed by atoms with Crippen molar-refractivity contribution in [3.8, 4) is 0 Å². The van der Waals surface area contributed by atoms with Crippen LogP contribution in [0.1, 0.15) is 29.8 Å². The van der Waals surface area contributed by atoms with Crippen molar-refractivity contribution < 1.29 is 0 Å². The van der Waals surface area contributed by atoms with Gasteiger partial charge in [0.05, 0.1) is 5.38 Å². The average molecular weight is 286 g/mol. The summed E-state index contributed by atoms with van der Waals surface area (Å²) in [5.41, 5.74) is 2.24. The second-order valence-corrected chi connectivity index (χ2v) is 6.43. The largest absolute Gasteiger partial charge is 0.192 e. The van der Waals surface area contributed by atoms with E-state index in [-0.39, 0.29) is 5.38 Å². The summed E-state index contributed by atoms with van der Waals surface area (Å²) in [5.74, 6) is 0. The summed E-state index contributed by atoms with van der Waals surface area (Å²) in [5, 5.41) is -0.260. The van der Waals surface area contributed by atoms with E-state index in [2.05, 4.69) is 13.0 Å². The fourth-order valence-corrected chi connectivity index (χ4v) is 2.40. The molecule has 0 bridgehead atoms. The molecule has 0 aliphatic rings. The van der Waals surface area contributed by atoms with Gasteiger partial charge in [-0.05, 0) is 17.5 Å². The number of benzene rings is 1. The zero-order valence-corrected chi connectivity index (χ0v) is 11.3. The van der Waals surface area contributed by atoms with Gasteiger partial charge in [0.1, 0.15) is 0 Å². The highest BCUT2D eigenvalue weighted by atomic mass is 35.6. The van der Waals surface area contributed by atoms with Gasteiger partial charge in [-0.2, -0.15) is 0 Å². The summed E-state index contributed by atoms with van der Waals surface area (Å²) in [6.07, 6.45) is 1.29. The van der Waals surface area contributed by atoms with Crippen LogP contribution in [-0.2, 0) is 6.42 Å². The summed E-state index contributed by atoms with van der Waals surface area (Å²) in [6.45, 7) is 2.09. The monoisotopic (exact) mass is 284 g/mol. The Hall–Kier alpha value is 0.380. The molecule has 0 aliphatic heterocycles. The summed E-state index contributed by atoms with van der Waals surface area (Å²) >= 11 is 23.3. The van der Waals surface area contributed by atoms with Crippen LogP contribution < -0.4 is 0 Å². The lowest BCUT2D eigenvalue weighted by Crippen LogP contribution is -2.06. The first-order valence-electron chi connectivity index (χ1n) is 4.72. The molecule has 0 aliphatic carbocycles. The molecule has 0 spiro atoms. The lowest BCUT2D eigenvalue weighted by Gasteiger charge is -2.16. The highest BCUT2D eigenvalue weighted by molar-refractivity contribution is 6.67. The molecule has 0 heterocycles. The molecule has 1 aromatic carbocycles. The second kappa shape index (κ2) is 5.63. The Bertz CT molecular complexity index is 317. The highest BCUT2D eigenvalue weighted by Gasteiger charge is 2.25. The Morgan fingerprint density at radius 1 is 1.27 bits per heavy atom. The summed E-state index contributed by atoms with van der Waals surface area (Å²) < 4.78 is -1.30. The van der Waals surface area contributed by atoms with Crippen molar-refractivity contribution >= 4 is 46.4 Å². The van der Waals surface area contributed by atoms with Gasteiger partial charge >= 0.3 is 0 Å². The zero-order valence-electron chi connectivity index (χ0n) is 8.31. The molecule has 0 N–H and O–H groups in total. The Labute approximate surface area is 110 Å². The Kier molecular flexibility index (Phi) is 5.05. The van der Waals surface area contributed by atoms with E-state index in [1.807, 2.05) is 18.2 Å². The van der Waals surface area contributed by atoms with Crippen molar-refractivity contribution in [3.63, 3.8) is 0 Å². The van der Waals surface area contributed by atoms with E-state index in [1.165, 1.54) is 5.56 Å². The molecule has 0 saturated carbocycles. The van der Waals surface area contributed by atoms with Crippen molar-refractivity contribution in [2.75, 3.05) is 0 Å². The van der Waals surface area contributed by atoms with Crippen LogP contribution in [-0.4, -0.2) is 3.79 Å². The molecule has 0 saturated heterocycles. The summed E-state index contributed by atoms with van der Waals surface area (Å²) in [7, 11) is 0. The number of aryl methyl sites for hydroxylation is 1. The van der Waals surface area contributed by atoms with Gasteiger partial charge in [-0.25, -0.2) is 0 Å². The Morgan fingerprint density at radius 3 is 2.47 bits per heavy atom. The smallest absolute Gasteiger partial charge is 0.118 e. The third-order valence-corrected chi connectivity index (χ3v) is 3.00. The van der Waals surface area contributed by atoms with E-state index in [9.17, 15) is 0 Å². The number of rotatable bonds is 3. The number of hydrogen-bond acceptors (Lipinski definition) is 0. The molecule has 15 heavy (non-hydrogen) atoms. The van der Waals surface area contributed by atoms with Crippen molar-refractivity contribution in [1.29, 1.82) is 0 Å². The van der Waals surface area contributed by atoms with Crippen LogP contribution in [0.4, 0.5) is 0 Å². The lowest BCUT2D eigenvalue weighted by atomic mass is 10.1. The quantitative estimate of drug-likeness (QED) is 0.662. The molecule has 0 fully saturated rings. The average Bonchev–Trinajstić information content (AvgIpc) is 2.15. The SMILES string of the molecule is CCc1cccc(C(Cl)CC(Cl)(Cl)Cl)c1. The van der Waals surface area contributed by atoms with Gasteiger partial charge < -0.3 is 0 Å². The molecule has 1 rings (SSSR count). The van der Waals surface area contributed by atoms with Gasteiger partial charge in [0.2, 0.25) is 0 Å². The summed E-state index contributed by atoms with van der Waals surface area (Å²) in [4.78, 5) is 0. The van der Waals surface area contributed by atoms with Crippen molar-refractivity contribution in [1.82, 2.24) is 0 Å². The Morgan fingerprint density at radius 2 is 1.93 bits per heavy atom. The molecule has 0 amide bonds. The first kappa shape index (κ1) is 13.4. The fourth-order valence-electron chi connectivity index (χ4n) is 1.33. The standard InChI is InChI=1S/C11H12Cl4/c1-2-8-4-3-5-9(6-8)10(12)7-11(13,14)15/h3-6,10H,2,7H2,1H3. The van der Waals surface area contributed by atoms with E-state index in [0.29, 0.717) is 6.42 Å². The highest BCUT2D eigenvalue weighted by Crippen LogP contribution is 2.39. The van der Waals surface area contributed by atoms with Crippen LogP contribution in [0.5, 0.6) is 0 Å². The Balaban J connectivity index is 2.77. The molecule has 1 aromatic rings. The minimum Gasteiger partial charge on any atom is -0.118 e. The maximum absolute atomic E-state index is 6.17. The summed E-state index contributed by atoms with van der Waals surface area (Å²) in [6, 6.07) is 8.03. The number of hydrogen-bond donors (Lipinski definition) is 0. The molecule has 0 aromatic heterocycles. The van der Waals surface area contributed by atoms with E-state index in [1.54, 1.807) is 0 Å². The van der Waals surface area contributed by atoms with Crippen LogP contribution in [0, 0.1) is 0 Å². The molecule has 4 heteroatoms. The maximum Gasteiger partial charge on any atom is 0.192 e. The predicted octanol–water partition coefficient (Wildman–Crippen LogP) is 5.29.